The van der Waals surface area contributed by atoms with Crippen molar-refractivity contribution in [3.05, 3.63) is 33.9 Å². The molecule has 0 amide bonds. The zero-order valence-corrected chi connectivity index (χ0v) is 9.94. The van der Waals surface area contributed by atoms with E-state index in [0.717, 1.165) is 32.9 Å². The maximum atomic E-state index is 6.17. The number of nitrogens with zero attached hydrogens (tertiary/aromatic N) is 1. The largest absolute Gasteiger partial charge is 0.349 e. The minimum absolute atomic E-state index is 0.613. The third kappa shape index (κ3) is 1.73. The van der Waals surface area contributed by atoms with Crippen LogP contribution in [-0.2, 0) is 13.5 Å². The first-order chi connectivity index (χ1) is 7.15. The summed E-state index contributed by atoms with van der Waals surface area (Å²) in [5.74, 6) is 0. The van der Waals surface area contributed by atoms with Crippen LogP contribution >= 0.6 is 23.2 Å². The maximum absolute atomic E-state index is 6.17. The summed E-state index contributed by atoms with van der Waals surface area (Å²) in [6, 6.07) is 3.64. The van der Waals surface area contributed by atoms with E-state index in [1.54, 1.807) is 0 Å². The van der Waals surface area contributed by atoms with Gasteiger partial charge in [0.15, 0.2) is 0 Å². The van der Waals surface area contributed by atoms with Crippen LogP contribution < -0.4 is 5.73 Å². The van der Waals surface area contributed by atoms with Crippen molar-refractivity contribution < 1.29 is 0 Å². The van der Waals surface area contributed by atoms with Gasteiger partial charge in [-0.15, -0.1) is 0 Å². The van der Waals surface area contributed by atoms with Crippen LogP contribution in [0.3, 0.4) is 0 Å². The zero-order chi connectivity index (χ0) is 11.0. The highest BCUT2D eigenvalue weighted by atomic mass is 35.5. The number of hydrogen-bond acceptors (Lipinski definition) is 1. The second-order valence-electron chi connectivity index (χ2n) is 3.56. The van der Waals surface area contributed by atoms with Gasteiger partial charge in [0, 0.05) is 18.6 Å². The highest BCUT2D eigenvalue weighted by Crippen LogP contribution is 2.33. The number of benzene rings is 1. The summed E-state index contributed by atoms with van der Waals surface area (Å²) < 4.78 is 1.99. The SMILES string of the molecule is Cn1cc(CCN)c2c(Cl)ccc(Cl)c21. The number of halogens is 2. The predicted molar refractivity (Wildman–Crippen MR) is 65.7 cm³/mol. The van der Waals surface area contributed by atoms with Gasteiger partial charge >= 0.3 is 0 Å². The fourth-order valence-electron chi connectivity index (χ4n) is 1.90. The van der Waals surface area contributed by atoms with E-state index in [4.69, 9.17) is 28.9 Å². The lowest BCUT2D eigenvalue weighted by Crippen LogP contribution is -2.02. The molecule has 2 nitrogen and oxygen atoms in total. The summed E-state index contributed by atoms with van der Waals surface area (Å²) in [5.41, 5.74) is 7.70. The van der Waals surface area contributed by atoms with Crippen LogP contribution in [0, 0.1) is 0 Å². The van der Waals surface area contributed by atoms with Gasteiger partial charge in [-0.1, -0.05) is 23.2 Å². The first kappa shape index (κ1) is 10.8. The molecule has 0 aliphatic rings. The standard InChI is InChI=1S/C11H12Cl2N2/c1-15-6-7(4-5-14)10-8(12)2-3-9(13)11(10)15/h2-3,6H,4-5,14H2,1H3. The summed E-state index contributed by atoms with van der Waals surface area (Å²) in [4.78, 5) is 0. The quantitative estimate of drug-likeness (QED) is 0.863. The van der Waals surface area contributed by atoms with Crippen LogP contribution in [0.15, 0.2) is 18.3 Å². The van der Waals surface area contributed by atoms with Crippen molar-refractivity contribution >= 4 is 34.1 Å². The third-order valence-corrected chi connectivity index (χ3v) is 3.13. The number of rotatable bonds is 2. The fraction of sp³-hybridized carbons (Fsp3) is 0.273. The van der Waals surface area contributed by atoms with Crippen molar-refractivity contribution in [2.45, 2.75) is 6.42 Å². The average molecular weight is 243 g/mol. The Morgan fingerprint density at radius 2 is 1.93 bits per heavy atom. The van der Waals surface area contributed by atoms with Gasteiger partial charge in [0.1, 0.15) is 0 Å². The maximum Gasteiger partial charge on any atom is 0.0685 e. The molecule has 0 spiro atoms. The second-order valence-corrected chi connectivity index (χ2v) is 4.37. The van der Waals surface area contributed by atoms with Crippen molar-refractivity contribution in [3.63, 3.8) is 0 Å². The minimum atomic E-state index is 0.613. The summed E-state index contributed by atoms with van der Waals surface area (Å²) in [6.07, 6.45) is 2.85. The first-order valence-electron chi connectivity index (χ1n) is 4.77. The van der Waals surface area contributed by atoms with Crippen LogP contribution in [0.5, 0.6) is 0 Å². The van der Waals surface area contributed by atoms with E-state index < -0.39 is 0 Å². The van der Waals surface area contributed by atoms with Crippen molar-refractivity contribution in [2.24, 2.45) is 12.8 Å². The molecule has 0 radical (unpaired) electrons. The summed E-state index contributed by atoms with van der Waals surface area (Å²) in [6.45, 7) is 0.613. The Kier molecular flexibility index (Phi) is 2.91. The molecule has 2 rings (SSSR count). The Balaban J connectivity index is 2.80. The Morgan fingerprint density at radius 1 is 1.27 bits per heavy atom. The van der Waals surface area contributed by atoms with Gasteiger partial charge in [-0.05, 0) is 30.7 Å². The van der Waals surface area contributed by atoms with Gasteiger partial charge in [-0.25, -0.2) is 0 Å². The molecule has 2 N–H and O–H groups in total. The van der Waals surface area contributed by atoms with Crippen molar-refractivity contribution in [3.8, 4) is 0 Å². The summed E-state index contributed by atoms with van der Waals surface area (Å²) in [7, 11) is 1.96. The number of fused-ring (bicyclic) bond motifs is 1. The topological polar surface area (TPSA) is 30.9 Å². The van der Waals surface area contributed by atoms with Gasteiger partial charge in [-0.2, -0.15) is 0 Å². The highest BCUT2D eigenvalue weighted by Gasteiger charge is 2.12. The van der Waals surface area contributed by atoms with Gasteiger partial charge in [0.2, 0.25) is 0 Å². The van der Waals surface area contributed by atoms with Crippen LogP contribution in [-0.4, -0.2) is 11.1 Å². The molecule has 0 fully saturated rings. The molecular formula is C11H12Cl2N2. The highest BCUT2D eigenvalue weighted by molar-refractivity contribution is 6.40. The molecule has 0 saturated heterocycles. The molecule has 4 heteroatoms. The Morgan fingerprint density at radius 3 is 2.60 bits per heavy atom. The number of aryl methyl sites for hydroxylation is 1. The van der Waals surface area contributed by atoms with Crippen LogP contribution in [0.4, 0.5) is 0 Å². The molecular weight excluding hydrogens is 231 g/mol. The molecule has 0 bridgehead atoms. The second kappa shape index (κ2) is 4.05. The lowest BCUT2D eigenvalue weighted by atomic mass is 10.1. The van der Waals surface area contributed by atoms with Crippen molar-refractivity contribution in [2.75, 3.05) is 6.54 Å². The first-order valence-corrected chi connectivity index (χ1v) is 5.52. The lowest BCUT2D eigenvalue weighted by molar-refractivity contribution is 0.929. The van der Waals surface area contributed by atoms with E-state index in [2.05, 4.69) is 0 Å². The van der Waals surface area contributed by atoms with Gasteiger partial charge in [-0.3, -0.25) is 0 Å². The van der Waals surface area contributed by atoms with E-state index >= 15 is 0 Å². The summed E-state index contributed by atoms with van der Waals surface area (Å²) >= 11 is 12.3. The monoisotopic (exact) mass is 242 g/mol. The molecule has 1 aromatic heterocycles. The van der Waals surface area contributed by atoms with Crippen LogP contribution in [0.25, 0.3) is 10.9 Å². The molecule has 0 unspecified atom stereocenters. The van der Waals surface area contributed by atoms with E-state index in [-0.39, 0.29) is 0 Å². The third-order valence-electron chi connectivity index (χ3n) is 2.51. The average Bonchev–Trinajstić information content (AvgIpc) is 2.51. The fourth-order valence-corrected chi connectivity index (χ4v) is 2.46. The molecule has 1 heterocycles. The van der Waals surface area contributed by atoms with E-state index in [1.807, 2.05) is 29.9 Å². The molecule has 0 aliphatic heterocycles. The number of hydrogen-bond donors (Lipinski definition) is 1. The van der Waals surface area contributed by atoms with Crippen LogP contribution in [0.1, 0.15) is 5.56 Å². The van der Waals surface area contributed by atoms with Gasteiger partial charge < -0.3 is 10.3 Å². The van der Waals surface area contributed by atoms with Crippen molar-refractivity contribution in [1.29, 1.82) is 0 Å². The van der Waals surface area contributed by atoms with E-state index in [9.17, 15) is 0 Å². The minimum Gasteiger partial charge on any atom is -0.349 e. The number of nitrogens with two attached hydrogens (primary N) is 1. The van der Waals surface area contributed by atoms with Gasteiger partial charge in [0.05, 0.1) is 15.6 Å². The molecule has 0 aliphatic carbocycles. The van der Waals surface area contributed by atoms with Crippen LogP contribution in [0.2, 0.25) is 10.0 Å². The Hall–Kier alpha value is -0.700. The molecule has 15 heavy (non-hydrogen) atoms. The molecule has 80 valence electrons. The van der Waals surface area contributed by atoms with Crippen molar-refractivity contribution in [1.82, 2.24) is 4.57 Å². The molecule has 0 atom stereocenters. The smallest absolute Gasteiger partial charge is 0.0685 e. The Labute approximate surface area is 98.6 Å². The predicted octanol–water partition coefficient (Wildman–Crippen LogP) is 2.99. The lowest BCUT2D eigenvalue weighted by Gasteiger charge is -2.01. The Bertz CT molecular complexity index is 503. The summed E-state index contributed by atoms with van der Waals surface area (Å²) in [5, 5.41) is 2.48. The number of aromatic nitrogens is 1. The van der Waals surface area contributed by atoms with E-state index in [0.29, 0.717) is 6.54 Å². The molecule has 2 aromatic rings. The zero-order valence-electron chi connectivity index (χ0n) is 8.43. The van der Waals surface area contributed by atoms with Gasteiger partial charge in [0.25, 0.3) is 0 Å². The van der Waals surface area contributed by atoms with E-state index in [1.165, 1.54) is 0 Å². The molecule has 0 saturated carbocycles. The molecule has 1 aromatic carbocycles. The normalized spacial score (nSPS) is 11.2.